The summed E-state index contributed by atoms with van der Waals surface area (Å²) in [7, 11) is 1.65. The average molecular weight is 438 g/mol. The Morgan fingerprint density at radius 3 is 2.84 bits per heavy atom. The van der Waals surface area contributed by atoms with Crippen LogP contribution in [0.25, 0.3) is 10.2 Å². The van der Waals surface area contributed by atoms with Gasteiger partial charge in [-0.2, -0.15) is 0 Å². The van der Waals surface area contributed by atoms with Gasteiger partial charge in [-0.3, -0.25) is 9.59 Å². The molecule has 1 fully saturated rings. The van der Waals surface area contributed by atoms with E-state index >= 15 is 0 Å². The average Bonchev–Trinajstić information content (AvgIpc) is 3.42. The molecule has 7 heteroatoms. The molecule has 1 atom stereocenters. The van der Waals surface area contributed by atoms with E-state index in [-0.39, 0.29) is 17.5 Å². The normalized spacial score (nSPS) is 18.4. The number of carbonyl (C=O) groups is 1. The first kappa shape index (κ1) is 20.2. The smallest absolute Gasteiger partial charge is 0.259 e. The molecule has 162 valence electrons. The molecule has 0 bridgehead atoms. The molecule has 3 aromatic rings. The quantitative estimate of drug-likeness (QED) is 0.650. The number of methoxy groups -OCH3 is 1. The third kappa shape index (κ3) is 3.87. The van der Waals surface area contributed by atoms with Crippen molar-refractivity contribution in [2.75, 3.05) is 13.7 Å². The molecule has 0 radical (unpaired) electrons. The SMILES string of the molecule is COc1ccc(C2CCCN2C(=O)CCc2nc3sc4c(c3c(=O)[nH]2)CCCC4)cc1. The zero-order valence-corrected chi connectivity index (χ0v) is 18.6. The fraction of sp³-hybridized carbons (Fsp3) is 0.458. The van der Waals surface area contributed by atoms with Crippen LogP contribution in [-0.2, 0) is 24.1 Å². The van der Waals surface area contributed by atoms with E-state index in [0.717, 1.165) is 60.2 Å². The number of nitrogens with zero attached hydrogens (tertiary/aromatic N) is 2. The molecule has 1 N–H and O–H groups in total. The number of rotatable bonds is 5. The van der Waals surface area contributed by atoms with Crippen molar-refractivity contribution in [3.8, 4) is 5.75 Å². The maximum atomic E-state index is 13.0. The number of carbonyl (C=O) groups excluding carboxylic acids is 1. The standard InChI is InChI=1S/C24H27N3O3S/c1-30-16-10-8-15(9-11-16)18-6-4-14-27(18)21(28)13-12-20-25-23(29)22-17-5-2-3-7-19(17)31-24(22)26-20/h8-11,18H,2-7,12-14H2,1H3,(H,25,26,29). The van der Waals surface area contributed by atoms with Crippen molar-refractivity contribution in [1.82, 2.24) is 14.9 Å². The van der Waals surface area contributed by atoms with E-state index in [1.54, 1.807) is 18.4 Å². The van der Waals surface area contributed by atoms with E-state index in [2.05, 4.69) is 4.98 Å². The number of thiophene rings is 1. The summed E-state index contributed by atoms with van der Waals surface area (Å²) in [4.78, 5) is 37.5. The summed E-state index contributed by atoms with van der Waals surface area (Å²) in [6.07, 6.45) is 7.13. The van der Waals surface area contributed by atoms with Gasteiger partial charge in [-0.25, -0.2) is 4.98 Å². The minimum Gasteiger partial charge on any atom is -0.497 e. The maximum absolute atomic E-state index is 13.0. The predicted molar refractivity (Wildman–Crippen MR) is 122 cm³/mol. The molecule has 0 saturated carbocycles. The fourth-order valence-corrected chi connectivity index (χ4v) is 6.21. The predicted octanol–water partition coefficient (Wildman–Crippen LogP) is 4.17. The number of aromatic amines is 1. The number of nitrogens with one attached hydrogen (secondary N) is 1. The Morgan fingerprint density at radius 2 is 2.03 bits per heavy atom. The first-order chi connectivity index (χ1) is 15.1. The Bertz CT molecular complexity index is 1170. The lowest BCUT2D eigenvalue weighted by Crippen LogP contribution is -2.31. The second kappa shape index (κ2) is 8.46. The maximum Gasteiger partial charge on any atom is 0.259 e. The van der Waals surface area contributed by atoms with Gasteiger partial charge >= 0.3 is 0 Å². The number of hydrogen-bond acceptors (Lipinski definition) is 5. The number of benzene rings is 1. The minimum absolute atomic E-state index is 0.0517. The third-order valence-electron chi connectivity index (χ3n) is 6.52. The highest BCUT2D eigenvalue weighted by atomic mass is 32.1. The molecule has 31 heavy (non-hydrogen) atoms. The van der Waals surface area contributed by atoms with Gasteiger partial charge in [0.1, 0.15) is 16.4 Å². The molecule has 0 spiro atoms. The number of amides is 1. The summed E-state index contributed by atoms with van der Waals surface area (Å²) in [5.41, 5.74) is 2.29. The number of fused-ring (bicyclic) bond motifs is 3. The first-order valence-corrected chi connectivity index (χ1v) is 11.9. The fourth-order valence-electron chi connectivity index (χ4n) is 4.93. The molecule has 1 amide bonds. The lowest BCUT2D eigenvalue weighted by Gasteiger charge is -2.25. The number of aryl methyl sites for hydroxylation is 3. The highest BCUT2D eigenvalue weighted by Gasteiger charge is 2.29. The lowest BCUT2D eigenvalue weighted by atomic mass is 9.97. The third-order valence-corrected chi connectivity index (χ3v) is 7.71. The first-order valence-electron chi connectivity index (χ1n) is 11.1. The van der Waals surface area contributed by atoms with Gasteiger partial charge in [0, 0.05) is 24.3 Å². The molecule has 2 aromatic heterocycles. The van der Waals surface area contributed by atoms with E-state index < -0.39 is 0 Å². The second-order valence-electron chi connectivity index (χ2n) is 8.42. The van der Waals surface area contributed by atoms with Crippen LogP contribution in [0.15, 0.2) is 29.1 Å². The monoisotopic (exact) mass is 437 g/mol. The van der Waals surface area contributed by atoms with Crippen LogP contribution < -0.4 is 10.3 Å². The number of H-pyrrole nitrogens is 1. The summed E-state index contributed by atoms with van der Waals surface area (Å²) >= 11 is 1.65. The van der Waals surface area contributed by atoms with E-state index in [0.29, 0.717) is 18.7 Å². The van der Waals surface area contributed by atoms with Gasteiger partial charge < -0.3 is 14.6 Å². The van der Waals surface area contributed by atoms with Crippen molar-refractivity contribution in [2.45, 2.75) is 57.4 Å². The molecule has 5 rings (SSSR count). The molecule has 3 heterocycles. The van der Waals surface area contributed by atoms with Gasteiger partial charge in [0.05, 0.1) is 18.5 Å². The topological polar surface area (TPSA) is 75.3 Å². The summed E-state index contributed by atoms with van der Waals surface area (Å²) in [5, 5.41) is 0.772. The molecular weight excluding hydrogens is 410 g/mol. The number of likely N-dealkylation sites (tertiary alicyclic amines) is 1. The van der Waals surface area contributed by atoms with Crippen molar-refractivity contribution in [1.29, 1.82) is 0 Å². The number of aromatic nitrogens is 2. The van der Waals surface area contributed by atoms with Crippen LogP contribution >= 0.6 is 11.3 Å². The van der Waals surface area contributed by atoms with Gasteiger partial charge in [0.25, 0.3) is 5.56 Å². The van der Waals surface area contributed by atoms with Crippen molar-refractivity contribution in [2.24, 2.45) is 0 Å². The van der Waals surface area contributed by atoms with Crippen molar-refractivity contribution >= 4 is 27.5 Å². The molecule has 1 saturated heterocycles. The second-order valence-corrected chi connectivity index (χ2v) is 9.51. The van der Waals surface area contributed by atoms with Crippen molar-refractivity contribution in [3.63, 3.8) is 0 Å². The molecule has 2 aliphatic rings. The van der Waals surface area contributed by atoms with Crippen LogP contribution in [0.2, 0.25) is 0 Å². The molecule has 1 aliphatic heterocycles. The number of hydrogen-bond donors (Lipinski definition) is 1. The molecule has 1 aromatic carbocycles. The molecular formula is C24H27N3O3S. The van der Waals surface area contributed by atoms with Crippen LogP contribution in [0.1, 0.15) is 60.0 Å². The van der Waals surface area contributed by atoms with E-state index in [1.165, 1.54) is 16.9 Å². The molecule has 1 aliphatic carbocycles. The van der Waals surface area contributed by atoms with E-state index in [1.807, 2.05) is 29.2 Å². The Morgan fingerprint density at radius 1 is 1.23 bits per heavy atom. The Kier molecular flexibility index (Phi) is 5.52. The zero-order valence-electron chi connectivity index (χ0n) is 17.8. The van der Waals surface area contributed by atoms with Crippen LogP contribution in [0.3, 0.4) is 0 Å². The summed E-state index contributed by atoms with van der Waals surface area (Å²) < 4.78 is 5.24. The van der Waals surface area contributed by atoms with Crippen LogP contribution in [0, 0.1) is 0 Å². The van der Waals surface area contributed by atoms with Crippen molar-refractivity contribution in [3.05, 3.63) is 56.4 Å². The number of ether oxygens (including phenoxy) is 1. The van der Waals surface area contributed by atoms with E-state index in [9.17, 15) is 9.59 Å². The largest absolute Gasteiger partial charge is 0.497 e. The van der Waals surface area contributed by atoms with Gasteiger partial charge in [-0.05, 0) is 61.8 Å². The van der Waals surface area contributed by atoms with Crippen LogP contribution in [0.5, 0.6) is 5.75 Å². The Hall–Kier alpha value is -2.67. The minimum atomic E-state index is -0.0517. The van der Waals surface area contributed by atoms with Crippen LogP contribution in [-0.4, -0.2) is 34.4 Å². The van der Waals surface area contributed by atoms with Crippen LogP contribution in [0.4, 0.5) is 0 Å². The zero-order chi connectivity index (χ0) is 21.4. The van der Waals surface area contributed by atoms with Gasteiger partial charge in [-0.15, -0.1) is 11.3 Å². The Balaban J connectivity index is 1.30. The summed E-state index contributed by atoms with van der Waals surface area (Å²) in [5.74, 6) is 1.55. The summed E-state index contributed by atoms with van der Waals surface area (Å²) in [6, 6.07) is 8.08. The van der Waals surface area contributed by atoms with E-state index in [4.69, 9.17) is 9.72 Å². The van der Waals surface area contributed by atoms with Gasteiger partial charge in [0.15, 0.2) is 0 Å². The summed E-state index contributed by atoms with van der Waals surface area (Å²) in [6.45, 7) is 0.774. The van der Waals surface area contributed by atoms with Gasteiger partial charge in [-0.1, -0.05) is 12.1 Å². The van der Waals surface area contributed by atoms with Gasteiger partial charge in [0.2, 0.25) is 5.91 Å². The Labute approximate surface area is 185 Å². The molecule has 1 unspecified atom stereocenters. The molecule has 6 nitrogen and oxygen atoms in total. The lowest BCUT2D eigenvalue weighted by molar-refractivity contribution is -0.132. The highest BCUT2D eigenvalue weighted by Crippen LogP contribution is 2.34. The van der Waals surface area contributed by atoms with Crippen molar-refractivity contribution < 1.29 is 9.53 Å². The highest BCUT2D eigenvalue weighted by molar-refractivity contribution is 7.18.